The maximum atomic E-state index is 12.3. The van der Waals surface area contributed by atoms with E-state index in [2.05, 4.69) is 45.3 Å². The van der Waals surface area contributed by atoms with Crippen LogP contribution in [-0.2, 0) is 11.4 Å². The number of hydrogen-bond donors (Lipinski definition) is 1. The van der Waals surface area contributed by atoms with Gasteiger partial charge in [0.05, 0.1) is 5.75 Å². The van der Waals surface area contributed by atoms with Crippen molar-refractivity contribution in [3.63, 3.8) is 0 Å². The summed E-state index contributed by atoms with van der Waals surface area (Å²) in [4.78, 5) is 12.3. The van der Waals surface area contributed by atoms with E-state index in [-0.39, 0.29) is 18.3 Å². The van der Waals surface area contributed by atoms with E-state index in [1.54, 1.807) is 0 Å². The van der Waals surface area contributed by atoms with Crippen molar-refractivity contribution in [3.8, 4) is 5.75 Å². The number of hydrogen-bond acceptors (Lipinski definition) is 6. The van der Waals surface area contributed by atoms with Crippen LogP contribution in [0.2, 0.25) is 0 Å². The first-order valence-corrected chi connectivity index (χ1v) is 11.3. The van der Waals surface area contributed by atoms with Gasteiger partial charge in [-0.3, -0.25) is 4.79 Å². The highest BCUT2D eigenvalue weighted by Crippen LogP contribution is 2.26. The Hall–Kier alpha value is -2.32. The summed E-state index contributed by atoms with van der Waals surface area (Å²) in [6, 6.07) is 11.9. The minimum Gasteiger partial charge on any atom is -0.484 e. The minimum absolute atomic E-state index is 0.130. The highest BCUT2D eigenvalue weighted by molar-refractivity contribution is 9.10. The zero-order chi connectivity index (χ0) is 21.7. The van der Waals surface area contributed by atoms with Crippen LogP contribution in [0.15, 0.2) is 50.5 Å². The van der Waals surface area contributed by atoms with Crippen molar-refractivity contribution in [1.82, 2.24) is 10.2 Å². The number of carbonyl (C=O) groups is 1. The summed E-state index contributed by atoms with van der Waals surface area (Å²) in [5, 5.41) is 11.2. The summed E-state index contributed by atoms with van der Waals surface area (Å²) < 4.78 is 12.2. The van der Waals surface area contributed by atoms with Crippen LogP contribution >= 0.6 is 27.7 Å². The smallest absolute Gasteiger partial charge is 0.277 e. The number of carbonyl (C=O) groups excluding carboxylic acids is 1. The van der Waals surface area contributed by atoms with Crippen LogP contribution in [0.25, 0.3) is 0 Å². The molecular formula is C22H24BrN3O3S. The number of benzene rings is 2. The van der Waals surface area contributed by atoms with Crippen LogP contribution < -0.4 is 10.1 Å². The highest BCUT2D eigenvalue weighted by Gasteiger charge is 2.13. The van der Waals surface area contributed by atoms with Crippen molar-refractivity contribution in [2.45, 2.75) is 45.4 Å². The van der Waals surface area contributed by atoms with Gasteiger partial charge in [0.2, 0.25) is 5.91 Å². The van der Waals surface area contributed by atoms with E-state index in [4.69, 9.17) is 9.15 Å². The molecule has 0 bridgehead atoms. The number of rotatable bonds is 8. The third kappa shape index (κ3) is 6.09. The molecule has 30 heavy (non-hydrogen) atoms. The number of amides is 1. The fraction of sp³-hybridized carbons (Fsp3) is 0.318. The Morgan fingerprint density at radius 1 is 1.17 bits per heavy atom. The summed E-state index contributed by atoms with van der Waals surface area (Å²) in [6.45, 7) is 8.39. The molecule has 0 aliphatic rings. The van der Waals surface area contributed by atoms with Gasteiger partial charge >= 0.3 is 0 Å². The number of thioether (sulfide) groups is 1. The second-order valence-electron chi connectivity index (χ2n) is 7.23. The van der Waals surface area contributed by atoms with Gasteiger partial charge in [0.1, 0.15) is 5.75 Å². The minimum atomic E-state index is -0.130. The van der Waals surface area contributed by atoms with Crippen molar-refractivity contribution < 1.29 is 13.9 Å². The van der Waals surface area contributed by atoms with E-state index in [0.717, 1.165) is 27.0 Å². The molecule has 158 valence electrons. The quantitative estimate of drug-likeness (QED) is 0.398. The largest absolute Gasteiger partial charge is 0.484 e. The Kier molecular flexibility index (Phi) is 7.55. The number of nitrogens with one attached hydrogen (secondary N) is 1. The van der Waals surface area contributed by atoms with Crippen LogP contribution in [0.3, 0.4) is 0 Å². The second kappa shape index (κ2) is 10.1. The first-order chi connectivity index (χ1) is 14.3. The summed E-state index contributed by atoms with van der Waals surface area (Å²) in [6.07, 6.45) is 0. The molecule has 0 atom stereocenters. The molecule has 6 nitrogen and oxygen atoms in total. The van der Waals surface area contributed by atoms with E-state index in [9.17, 15) is 4.79 Å². The molecule has 3 rings (SSSR count). The fourth-order valence-corrected chi connectivity index (χ4v) is 4.13. The van der Waals surface area contributed by atoms with E-state index in [1.165, 1.54) is 17.3 Å². The lowest BCUT2D eigenvalue weighted by Crippen LogP contribution is -2.15. The third-order valence-corrected chi connectivity index (χ3v) is 5.72. The predicted octanol–water partition coefficient (Wildman–Crippen LogP) is 5.88. The molecule has 1 aromatic heterocycles. The van der Waals surface area contributed by atoms with E-state index in [0.29, 0.717) is 17.0 Å². The molecule has 8 heteroatoms. The Bertz CT molecular complexity index is 996. The normalized spacial score (nSPS) is 11.0. The van der Waals surface area contributed by atoms with Crippen molar-refractivity contribution in [2.75, 3.05) is 11.1 Å². The molecule has 0 spiro atoms. The van der Waals surface area contributed by atoms with Crippen LogP contribution in [0.4, 0.5) is 5.69 Å². The SMILES string of the molecule is Cc1cc(Br)cc(C)c1NC(=O)CSc1nnc(COc2ccc(C(C)C)cc2)o1. The second-order valence-corrected chi connectivity index (χ2v) is 9.07. The fourth-order valence-electron chi connectivity index (χ4n) is 2.86. The van der Waals surface area contributed by atoms with Gasteiger partial charge in [-0.1, -0.05) is 53.7 Å². The maximum Gasteiger partial charge on any atom is 0.277 e. The van der Waals surface area contributed by atoms with Gasteiger partial charge in [-0.05, 0) is 60.7 Å². The maximum absolute atomic E-state index is 12.3. The van der Waals surface area contributed by atoms with E-state index >= 15 is 0 Å². The number of halogens is 1. The third-order valence-electron chi connectivity index (χ3n) is 4.45. The van der Waals surface area contributed by atoms with Gasteiger partial charge in [0.25, 0.3) is 11.1 Å². The Morgan fingerprint density at radius 3 is 2.47 bits per heavy atom. The zero-order valence-electron chi connectivity index (χ0n) is 17.4. The van der Waals surface area contributed by atoms with E-state index in [1.807, 2.05) is 50.2 Å². The van der Waals surface area contributed by atoms with Gasteiger partial charge in [-0.15, -0.1) is 10.2 Å². The number of anilines is 1. The topological polar surface area (TPSA) is 77.2 Å². The Morgan fingerprint density at radius 2 is 1.83 bits per heavy atom. The predicted molar refractivity (Wildman–Crippen MR) is 122 cm³/mol. The average Bonchev–Trinajstić information content (AvgIpc) is 3.16. The first-order valence-electron chi connectivity index (χ1n) is 9.56. The molecule has 0 saturated carbocycles. The lowest BCUT2D eigenvalue weighted by atomic mass is 10.0. The number of ether oxygens (including phenoxy) is 1. The van der Waals surface area contributed by atoms with Crippen molar-refractivity contribution in [2.24, 2.45) is 0 Å². The van der Waals surface area contributed by atoms with Crippen LogP contribution in [0.1, 0.15) is 42.3 Å². The molecule has 0 radical (unpaired) electrons. The van der Waals surface area contributed by atoms with Crippen LogP contribution in [0, 0.1) is 13.8 Å². The van der Waals surface area contributed by atoms with Crippen molar-refractivity contribution in [3.05, 3.63) is 63.5 Å². The monoisotopic (exact) mass is 489 g/mol. The van der Waals surface area contributed by atoms with Gasteiger partial charge in [0.15, 0.2) is 6.61 Å². The summed E-state index contributed by atoms with van der Waals surface area (Å²) >= 11 is 4.65. The molecule has 1 heterocycles. The van der Waals surface area contributed by atoms with Gasteiger partial charge in [0, 0.05) is 10.2 Å². The first kappa shape index (κ1) is 22.4. The molecule has 0 saturated heterocycles. The molecule has 1 amide bonds. The molecule has 1 N–H and O–H groups in total. The number of aryl methyl sites for hydroxylation is 2. The molecular weight excluding hydrogens is 466 g/mol. The average molecular weight is 490 g/mol. The number of nitrogens with zero attached hydrogens (tertiary/aromatic N) is 2. The van der Waals surface area contributed by atoms with Gasteiger partial charge in [-0.25, -0.2) is 0 Å². The van der Waals surface area contributed by atoms with Gasteiger partial charge in [-0.2, -0.15) is 0 Å². The summed E-state index contributed by atoms with van der Waals surface area (Å²) in [5.41, 5.74) is 4.08. The Balaban J connectivity index is 1.49. The standard InChI is InChI=1S/C22H24BrN3O3S/c1-13(2)16-5-7-18(8-6-16)28-11-20-25-26-22(29-20)30-12-19(27)24-21-14(3)9-17(23)10-15(21)4/h5-10,13H,11-12H2,1-4H3,(H,24,27). The highest BCUT2D eigenvalue weighted by atomic mass is 79.9. The molecule has 0 unspecified atom stereocenters. The molecule has 0 fully saturated rings. The lowest BCUT2D eigenvalue weighted by Gasteiger charge is -2.11. The van der Waals surface area contributed by atoms with Crippen LogP contribution in [-0.4, -0.2) is 21.9 Å². The van der Waals surface area contributed by atoms with Gasteiger partial charge < -0.3 is 14.5 Å². The summed E-state index contributed by atoms with van der Waals surface area (Å²) in [7, 11) is 0. The van der Waals surface area contributed by atoms with Crippen molar-refractivity contribution in [1.29, 1.82) is 0 Å². The molecule has 0 aliphatic heterocycles. The van der Waals surface area contributed by atoms with E-state index < -0.39 is 0 Å². The van der Waals surface area contributed by atoms with Crippen molar-refractivity contribution >= 4 is 39.3 Å². The van der Waals surface area contributed by atoms with Crippen LogP contribution in [0.5, 0.6) is 5.75 Å². The Labute approximate surface area is 188 Å². The molecule has 0 aliphatic carbocycles. The lowest BCUT2D eigenvalue weighted by molar-refractivity contribution is -0.113. The number of aromatic nitrogens is 2. The zero-order valence-corrected chi connectivity index (χ0v) is 19.8. The summed E-state index contributed by atoms with van der Waals surface area (Å²) in [5.74, 6) is 1.63. The molecule has 3 aromatic rings. The molecule has 2 aromatic carbocycles.